The zero-order valence-electron chi connectivity index (χ0n) is 15.9. The number of hydrogen-bond donors (Lipinski definition) is 0. The van der Waals surface area contributed by atoms with Gasteiger partial charge in [-0.1, -0.05) is 12.1 Å². The first-order valence-electron chi connectivity index (χ1n) is 9.50. The molecule has 2 aromatic carbocycles. The highest BCUT2D eigenvalue weighted by Gasteiger charge is 2.20. The lowest BCUT2D eigenvalue weighted by Gasteiger charge is -2.18. The summed E-state index contributed by atoms with van der Waals surface area (Å²) >= 11 is 1.93. The number of halogens is 2. The van der Waals surface area contributed by atoms with Crippen LogP contribution < -0.4 is 14.9 Å². The van der Waals surface area contributed by atoms with Gasteiger partial charge in [-0.3, -0.25) is 4.79 Å². The van der Waals surface area contributed by atoms with Crippen molar-refractivity contribution in [2.45, 2.75) is 31.8 Å². The molecule has 0 radical (unpaired) electrons. The lowest BCUT2D eigenvalue weighted by Crippen LogP contribution is -2.12. The molecule has 0 unspecified atom stereocenters. The van der Waals surface area contributed by atoms with Crippen molar-refractivity contribution < 1.29 is 18.3 Å². The van der Waals surface area contributed by atoms with E-state index in [0.29, 0.717) is 26.4 Å². The Morgan fingerprint density at radius 2 is 1.97 bits per heavy atom. The second-order valence-electron chi connectivity index (χ2n) is 6.99. The number of ether oxygens (including phenoxy) is 2. The minimum absolute atomic E-state index is 0.187. The molecular formula is C23H20FIO4. The lowest BCUT2D eigenvalue weighted by atomic mass is 10.1. The first kappa shape index (κ1) is 19.9. The first-order valence-corrected chi connectivity index (χ1v) is 10.6. The van der Waals surface area contributed by atoms with E-state index in [4.69, 9.17) is 13.9 Å². The number of methoxy groups -OCH3 is 1. The van der Waals surface area contributed by atoms with Crippen molar-refractivity contribution in [3.05, 3.63) is 67.3 Å². The van der Waals surface area contributed by atoms with E-state index in [0.717, 1.165) is 18.4 Å². The Kier molecular flexibility index (Phi) is 5.89. The zero-order valence-corrected chi connectivity index (χ0v) is 18.1. The standard InChI is InChI=1S/C23H20FIO4/c1-27-20-8-4-5-14(23(20)28-16-6-2-3-7-16)9-11-19-21(25)22(26)17-13-15(24)10-12-18(17)29-19/h4-5,8-13,16H,2-3,6-7H2,1H3/b11-9+. The Morgan fingerprint density at radius 1 is 1.17 bits per heavy atom. The van der Waals surface area contributed by atoms with E-state index in [-0.39, 0.29) is 16.9 Å². The van der Waals surface area contributed by atoms with E-state index in [1.807, 2.05) is 46.9 Å². The Morgan fingerprint density at radius 3 is 2.72 bits per heavy atom. The third-order valence-corrected chi connectivity index (χ3v) is 6.07. The fourth-order valence-electron chi connectivity index (χ4n) is 3.56. The molecule has 29 heavy (non-hydrogen) atoms. The average molecular weight is 506 g/mol. The Bertz CT molecular complexity index is 1130. The second kappa shape index (κ2) is 8.57. The van der Waals surface area contributed by atoms with Crippen LogP contribution in [0, 0.1) is 9.39 Å². The molecule has 1 saturated carbocycles. The number of benzene rings is 2. The van der Waals surface area contributed by atoms with Crippen molar-refractivity contribution in [3.8, 4) is 11.5 Å². The highest BCUT2D eigenvalue weighted by Crippen LogP contribution is 2.36. The molecule has 0 N–H and O–H groups in total. The smallest absolute Gasteiger partial charge is 0.206 e. The van der Waals surface area contributed by atoms with Crippen LogP contribution in [-0.4, -0.2) is 13.2 Å². The van der Waals surface area contributed by atoms with Gasteiger partial charge in [0.05, 0.1) is 18.6 Å². The van der Waals surface area contributed by atoms with Gasteiger partial charge in [0.25, 0.3) is 0 Å². The molecule has 0 saturated heterocycles. The molecule has 150 valence electrons. The quantitative estimate of drug-likeness (QED) is 0.396. The fourth-order valence-corrected chi connectivity index (χ4v) is 4.14. The van der Waals surface area contributed by atoms with Crippen LogP contribution >= 0.6 is 22.6 Å². The maximum Gasteiger partial charge on any atom is 0.206 e. The number of fused-ring (bicyclic) bond motifs is 1. The first-order chi connectivity index (χ1) is 14.1. The van der Waals surface area contributed by atoms with Gasteiger partial charge in [0.2, 0.25) is 5.43 Å². The summed E-state index contributed by atoms with van der Waals surface area (Å²) in [5, 5.41) is 0.234. The van der Waals surface area contributed by atoms with Crippen molar-refractivity contribution in [2.75, 3.05) is 7.11 Å². The topological polar surface area (TPSA) is 48.7 Å². The van der Waals surface area contributed by atoms with Crippen LogP contribution in [0.5, 0.6) is 11.5 Å². The third kappa shape index (κ3) is 4.17. The molecule has 1 aromatic heterocycles. The van der Waals surface area contributed by atoms with Crippen LogP contribution in [0.1, 0.15) is 37.0 Å². The van der Waals surface area contributed by atoms with Gasteiger partial charge < -0.3 is 13.9 Å². The molecule has 1 heterocycles. The highest BCUT2D eigenvalue weighted by molar-refractivity contribution is 14.1. The summed E-state index contributed by atoms with van der Waals surface area (Å²) < 4.78 is 31.5. The summed E-state index contributed by atoms with van der Waals surface area (Å²) in [6, 6.07) is 9.65. The van der Waals surface area contributed by atoms with Crippen LogP contribution in [0.2, 0.25) is 0 Å². The Labute approximate surface area is 181 Å². The van der Waals surface area contributed by atoms with Crippen molar-refractivity contribution in [1.82, 2.24) is 0 Å². The SMILES string of the molecule is COc1cccc(/C=C/c2oc3ccc(F)cc3c(=O)c2I)c1OC1CCCC1. The molecule has 4 rings (SSSR count). The molecule has 0 aliphatic heterocycles. The summed E-state index contributed by atoms with van der Waals surface area (Å²) in [4.78, 5) is 12.6. The summed E-state index contributed by atoms with van der Waals surface area (Å²) in [5.74, 6) is 1.32. The molecule has 1 aliphatic carbocycles. The Hall–Kier alpha value is -2.35. The third-order valence-electron chi connectivity index (χ3n) is 5.05. The molecule has 4 nitrogen and oxygen atoms in total. The van der Waals surface area contributed by atoms with Gasteiger partial charge in [0.1, 0.15) is 20.7 Å². The predicted octanol–water partition coefficient (Wildman–Crippen LogP) is 6.04. The summed E-state index contributed by atoms with van der Waals surface area (Å²) in [6.07, 6.45) is 8.19. The maximum absolute atomic E-state index is 13.5. The molecule has 6 heteroatoms. The summed E-state index contributed by atoms with van der Waals surface area (Å²) in [6.45, 7) is 0. The Balaban J connectivity index is 1.73. The molecule has 0 amide bonds. The minimum atomic E-state index is -0.464. The van der Waals surface area contributed by atoms with Gasteiger partial charge >= 0.3 is 0 Å². The zero-order chi connectivity index (χ0) is 20.4. The van der Waals surface area contributed by atoms with Gasteiger partial charge in [-0.2, -0.15) is 0 Å². The van der Waals surface area contributed by atoms with Gasteiger partial charge in [-0.15, -0.1) is 0 Å². The van der Waals surface area contributed by atoms with E-state index in [1.165, 1.54) is 31.0 Å². The van der Waals surface area contributed by atoms with Gasteiger partial charge in [-0.05, 0) is 84.7 Å². The van der Waals surface area contributed by atoms with Gasteiger partial charge in [0, 0.05) is 5.56 Å². The normalized spacial score (nSPS) is 14.7. The molecular weight excluding hydrogens is 486 g/mol. The number of para-hydroxylation sites is 1. The molecule has 1 fully saturated rings. The van der Waals surface area contributed by atoms with E-state index in [2.05, 4.69) is 0 Å². The van der Waals surface area contributed by atoms with Gasteiger partial charge in [-0.25, -0.2) is 4.39 Å². The second-order valence-corrected chi connectivity index (χ2v) is 8.06. The van der Waals surface area contributed by atoms with Crippen LogP contribution in [-0.2, 0) is 0 Å². The van der Waals surface area contributed by atoms with Crippen LogP contribution in [0.15, 0.2) is 45.6 Å². The van der Waals surface area contributed by atoms with E-state index in [1.54, 1.807) is 13.2 Å². The summed E-state index contributed by atoms with van der Waals surface area (Å²) in [7, 11) is 1.62. The monoisotopic (exact) mass is 506 g/mol. The van der Waals surface area contributed by atoms with Crippen molar-refractivity contribution >= 4 is 45.7 Å². The average Bonchev–Trinajstić information content (AvgIpc) is 3.24. The van der Waals surface area contributed by atoms with Gasteiger partial charge in [0.15, 0.2) is 11.5 Å². The molecule has 0 atom stereocenters. The molecule has 3 aromatic rings. The van der Waals surface area contributed by atoms with Crippen LogP contribution in [0.4, 0.5) is 4.39 Å². The van der Waals surface area contributed by atoms with Crippen LogP contribution in [0.3, 0.4) is 0 Å². The fraction of sp³-hybridized carbons (Fsp3) is 0.261. The van der Waals surface area contributed by atoms with Crippen molar-refractivity contribution in [2.24, 2.45) is 0 Å². The minimum Gasteiger partial charge on any atom is -0.493 e. The van der Waals surface area contributed by atoms with E-state index in [9.17, 15) is 9.18 Å². The highest BCUT2D eigenvalue weighted by atomic mass is 127. The maximum atomic E-state index is 13.5. The van der Waals surface area contributed by atoms with Crippen molar-refractivity contribution in [3.63, 3.8) is 0 Å². The van der Waals surface area contributed by atoms with Crippen molar-refractivity contribution in [1.29, 1.82) is 0 Å². The molecule has 1 aliphatic rings. The number of hydrogen-bond acceptors (Lipinski definition) is 4. The summed E-state index contributed by atoms with van der Waals surface area (Å²) in [5.41, 5.74) is 0.942. The van der Waals surface area contributed by atoms with E-state index >= 15 is 0 Å². The number of rotatable bonds is 5. The lowest BCUT2D eigenvalue weighted by molar-refractivity contribution is 0.200. The molecule has 0 bridgehead atoms. The largest absolute Gasteiger partial charge is 0.493 e. The predicted molar refractivity (Wildman–Crippen MR) is 120 cm³/mol. The molecule has 0 spiro atoms. The van der Waals surface area contributed by atoms with Crippen LogP contribution in [0.25, 0.3) is 23.1 Å². The van der Waals surface area contributed by atoms with E-state index < -0.39 is 5.82 Å².